The molecule has 5 nitrogen and oxygen atoms in total. The molecular weight excluding hydrogens is 247 g/mol. The Morgan fingerprint density at radius 2 is 2.29 bits per heavy atom. The highest BCUT2D eigenvalue weighted by Gasteiger charge is 2.16. The molecular formula is C10H10ClFN4O. The van der Waals surface area contributed by atoms with E-state index in [1.165, 1.54) is 23.0 Å². The Bertz CT molecular complexity index is 531. The third-order valence-electron chi connectivity index (χ3n) is 2.24. The van der Waals surface area contributed by atoms with E-state index in [0.29, 0.717) is 10.8 Å². The van der Waals surface area contributed by atoms with Crippen LogP contribution in [0.1, 0.15) is 17.5 Å². The number of benzene rings is 1. The van der Waals surface area contributed by atoms with Crippen LogP contribution >= 0.6 is 11.6 Å². The highest BCUT2D eigenvalue weighted by atomic mass is 35.5. The molecule has 1 aromatic carbocycles. The number of halogens is 2. The van der Waals surface area contributed by atoms with Crippen LogP contribution in [0.5, 0.6) is 0 Å². The molecule has 0 saturated carbocycles. The molecule has 0 aliphatic heterocycles. The van der Waals surface area contributed by atoms with Crippen LogP contribution in [0.4, 0.5) is 4.39 Å². The lowest BCUT2D eigenvalue weighted by Crippen LogP contribution is -2.06. The molecule has 0 aliphatic carbocycles. The van der Waals surface area contributed by atoms with E-state index in [2.05, 4.69) is 15.4 Å². The summed E-state index contributed by atoms with van der Waals surface area (Å²) in [6.45, 7) is 0. The molecule has 1 N–H and O–H groups in total. The highest BCUT2D eigenvalue weighted by Crippen LogP contribution is 2.23. The minimum Gasteiger partial charge on any atom is -0.388 e. The largest absolute Gasteiger partial charge is 0.388 e. The van der Waals surface area contributed by atoms with E-state index in [0.717, 1.165) is 0 Å². The van der Waals surface area contributed by atoms with Crippen LogP contribution in [-0.2, 0) is 13.5 Å². The van der Waals surface area contributed by atoms with Gasteiger partial charge in [-0.3, -0.25) is 0 Å². The fourth-order valence-corrected chi connectivity index (χ4v) is 1.64. The number of aromatic nitrogens is 4. The van der Waals surface area contributed by atoms with Crippen LogP contribution in [0, 0.1) is 5.82 Å². The van der Waals surface area contributed by atoms with E-state index in [-0.39, 0.29) is 12.0 Å². The Kier molecular flexibility index (Phi) is 3.35. The molecule has 0 fully saturated rings. The number of hydrogen-bond donors (Lipinski definition) is 1. The molecule has 2 rings (SSSR count). The topological polar surface area (TPSA) is 63.8 Å². The summed E-state index contributed by atoms with van der Waals surface area (Å²) < 4.78 is 13.4. The van der Waals surface area contributed by atoms with Crippen molar-refractivity contribution in [1.29, 1.82) is 0 Å². The lowest BCUT2D eigenvalue weighted by Gasteiger charge is -2.09. The molecule has 0 bridgehead atoms. The third-order valence-corrected chi connectivity index (χ3v) is 2.48. The van der Waals surface area contributed by atoms with Gasteiger partial charge in [-0.15, -0.1) is 10.2 Å². The van der Waals surface area contributed by atoms with E-state index in [4.69, 9.17) is 11.6 Å². The van der Waals surface area contributed by atoms with Crippen molar-refractivity contribution in [2.45, 2.75) is 12.5 Å². The second kappa shape index (κ2) is 4.77. The quantitative estimate of drug-likeness (QED) is 0.899. The summed E-state index contributed by atoms with van der Waals surface area (Å²) >= 11 is 5.74. The number of aryl methyl sites for hydroxylation is 1. The zero-order valence-corrected chi connectivity index (χ0v) is 9.76. The van der Waals surface area contributed by atoms with Crippen molar-refractivity contribution in [1.82, 2.24) is 20.2 Å². The van der Waals surface area contributed by atoms with Gasteiger partial charge >= 0.3 is 0 Å². The van der Waals surface area contributed by atoms with Crippen molar-refractivity contribution in [3.05, 3.63) is 40.4 Å². The van der Waals surface area contributed by atoms with Gasteiger partial charge in [0.25, 0.3) is 0 Å². The van der Waals surface area contributed by atoms with Gasteiger partial charge in [-0.1, -0.05) is 11.6 Å². The van der Waals surface area contributed by atoms with E-state index >= 15 is 0 Å². The van der Waals surface area contributed by atoms with Gasteiger partial charge in [0.1, 0.15) is 5.82 Å². The molecule has 0 radical (unpaired) electrons. The first-order valence-corrected chi connectivity index (χ1v) is 5.30. The molecule has 0 saturated heterocycles. The van der Waals surface area contributed by atoms with Crippen molar-refractivity contribution in [2.24, 2.45) is 7.05 Å². The Labute approximate surface area is 102 Å². The zero-order chi connectivity index (χ0) is 12.4. The number of rotatable bonds is 3. The summed E-state index contributed by atoms with van der Waals surface area (Å²) in [6, 6.07) is 4.02. The van der Waals surface area contributed by atoms with E-state index in [1.54, 1.807) is 7.05 Å². The van der Waals surface area contributed by atoms with E-state index in [9.17, 15) is 9.50 Å². The number of nitrogens with zero attached hydrogens (tertiary/aromatic N) is 4. The molecule has 1 unspecified atom stereocenters. The first kappa shape index (κ1) is 11.9. The smallest absolute Gasteiger partial charge is 0.177 e. The Morgan fingerprint density at radius 1 is 1.53 bits per heavy atom. The van der Waals surface area contributed by atoms with Crippen molar-refractivity contribution in [3.63, 3.8) is 0 Å². The normalized spacial score (nSPS) is 12.7. The minimum absolute atomic E-state index is 0.0884. The van der Waals surface area contributed by atoms with Crippen LogP contribution < -0.4 is 0 Å². The van der Waals surface area contributed by atoms with Crippen molar-refractivity contribution in [3.8, 4) is 0 Å². The minimum atomic E-state index is -1.04. The summed E-state index contributed by atoms with van der Waals surface area (Å²) in [5, 5.41) is 21.5. The first-order chi connectivity index (χ1) is 8.06. The standard InChI is InChI=1S/C10H10ClFN4O/c1-16-14-10(13-15-16)5-9(17)7-4-6(11)2-3-8(7)12/h2-4,9,17H,5H2,1H3. The van der Waals surface area contributed by atoms with Gasteiger partial charge in [0.15, 0.2) is 5.82 Å². The van der Waals surface area contributed by atoms with Gasteiger partial charge in [0.2, 0.25) is 0 Å². The first-order valence-electron chi connectivity index (χ1n) is 4.92. The van der Waals surface area contributed by atoms with E-state index < -0.39 is 11.9 Å². The summed E-state index contributed by atoms with van der Waals surface area (Å²) in [4.78, 5) is 1.27. The molecule has 90 valence electrons. The predicted octanol–water partition coefficient (Wildman–Crippen LogP) is 1.28. The fourth-order valence-electron chi connectivity index (χ4n) is 1.46. The van der Waals surface area contributed by atoms with Crippen LogP contribution in [0.3, 0.4) is 0 Å². The second-order valence-corrected chi connectivity index (χ2v) is 4.02. The highest BCUT2D eigenvalue weighted by molar-refractivity contribution is 6.30. The van der Waals surface area contributed by atoms with Gasteiger partial charge in [-0.05, 0) is 23.4 Å². The summed E-state index contributed by atoms with van der Waals surface area (Å²) in [5.74, 6) is -0.162. The Morgan fingerprint density at radius 3 is 2.94 bits per heavy atom. The maximum absolute atomic E-state index is 13.4. The maximum atomic E-state index is 13.4. The van der Waals surface area contributed by atoms with Crippen molar-refractivity contribution >= 4 is 11.6 Å². The molecule has 0 aliphatic rings. The van der Waals surface area contributed by atoms with Crippen LogP contribution in [0.25, 0.3) is 0 Å². The van der Waals surface area contributed by atoms with Gasteiger partial charge < -0.3 is 5.11 Å². The van der Waals surface area contributed by atoms with Crippen LogP contribution in [-0.4, -0.2) is 25.3 Å². The second-order valence-electron chi connectivity index (χ2n) is 3.58. The van der Waals surface area contributed by atoms with Gasteiger partial charge in [-0.25, -0.2) is 4.39 Å². The fraction of sp³-hybridized carbons (Fsp3) is 0.300. The third kappa shape index (κ3) is 2.78. The monoisotopic (exact) mass is 256 g/mol. The average molecular weight is 257 g/mol. The molecule has 1 atom stereocenters. The molecule has 0 spiro atoms. The Hall–Kier alpha value is -1.53. The summed E-state index contributed by atoms with van der Waals surface area (Å²) in [7, 11) is 1.61. The summed E-state index contributed by atoms with van der Waals surface area (Å²) in [5.41, 5.74) is 0.130. The van der Waals surface area contributed by atoms with Crippen LogP contribution in [0.2, 0.25) is 5.02 Å². The molecule has 1 heterocycles. The number of aliphatic hydroxyl groups is 1. The molecule has 0 amide bonds. The SMILES string of the molecule is Cn1nnc(CC(O)c2cc(Cl)ccc2F)n1. The number of aliphatic hydroxyl groups excluding tert-OH is 1. The zero-order valence-electron chi connectivity index (χ0n) is 9.01. The van der Waals surface area contributed by atoms with Crippen molar-refractivity contribution < 1.29 is 9.50 Å². The molecule has 17 heavy (non-hydrogen) atoms. The molecule has 7 heteroatoms. The van der Waals surface area contributed by atoms with E-state index in [1.807, 2.05) is 0 Å². The lowest BCUT2D eigenvalue weighted by atomic mass is 10.1. The van der Waals surface area contributed by atoms with Gasteiger partial charge in [0.05, 0.1) is 13.2 Å². The summed E-state index contributed by atoms with van der Waals surface area (Å²) in [6.07, 6.45) is -0.955. The number of hydrogen-bond acceptors (Lipinski definition) is 4. The maximum Gasteiger partial charge on any atom is 0.177 e. The number of tetrazole rings is 1. The molecule has 1 aromatic heterocycles. The Balaban J connectivity index is 2.19. The van der Waals surface area contributed by atoms with Crippen LogP contribution in [0.15, 0.2) is 18.2 Å². The van der Waals surface area contributed by atoms with Crippen molar-refractivity contribution in [2.75, 3.05) is 0 Å². The predicted molar refractivity (Wildman–Crippen MR) is 58.9 cm³/mol. The van der Waals surface area contributed by atoms with Gasteiger partial charge in [-0.2, -0.15) is 4.80 Å². The average Bonchev–Trinajstić information content (AvgIpc) is 2.67. The molecule has 2 aromatic rings. The lowest BCUT2D eigenvalue weighted by molar-refractivity contribution is 0.171. The van der Waals surface area contributed by atoms with Gasteiger partial charge in [0, 0.05) is 17.0 Å².